The van der Waals surface area contributed by atoms with Crippen LogP contribution in [0.1, 0.15) is 25.0 Å². The van der Waals surface area contributed by atoms with Crippen molar-refractivity contribution < 1.29 is 9.53 Å². The summed E-state index contributed by atoms with van der Waals surface area (Å²) in [5.74, 6) is 0.742. The van der Waals surface area contributed by atoms with Crippen molar-refractivity contribution in [1.82, 2.24) is 14.9 Å². The third-order valence-corrected chi connectivity index (χ3v) is 3.43. The predicted octanol–water partition coefficient (Wildman–Crippen LogP) is 0.738. The van der Waals surface area contributed by atoms with E-state index in [9.17, 15) is 4.79 Å². The first-order valence-corrected chi connectivity index (χ1v) is 6.44. The summed E-state index contributed by atoms with van der Waals surface area (Å²) in [6.07, 6.45) is 5.68. The minimum absolute atomic E-state index is 0.0912. The molecule has 1 aliphatic carbocycles. The molecular weight excluding hydrogens is 244 g/mol. The molecule has 19 heavy (non-hydrogen) atoms. The average Bonchev–Trinajstić information content (AvgIpc) is 3.19. The molecule has 1 saturated carbocycles. The van der Waals surface area contributed by atoms with Crippen LogP contribution >= 0.6 is 0 Å². The first kappa shape index (κ1) is 11.9. The Kier molecular flexibility index (Phi) is 3.03. The molecule has 6 heteroatoms. The summed E-state index contributed by atoms with van der Waals surface area (Å²) in [7, 11) is 0. The molecule has 1 atom stereocenters. The molecule has 0 spiro atoms. The molecule has 6 nitrogen and oxygen atoms in total. The Balaban J connectivity index is 1.62. The highest BCUT2D eigenvalue weighted by atomic mass is 16.5. The van der Waals surface area contributed by atoms with E-state index in [1.54, 1.807) is 0 Å². The molecule has 0 N–H and O–H groups in total. The number of aromatic nitrogens is 2. The first-order chi connectivity index (χ1) is 9.28. The van der Waals surface area contributed by atoms with Gasteiger partial charge in [0.25, 0.3) is 5.88 Å². The molecule has 0 aromatic carbocycles. The fourth-order valence-electron chi connectivity index (χ4n) is 2.26. The van der Waals surface area contributed by atoms with Gasteiger partial charge in [-0.1, -0.05) is 0 Å². The Bertz CT molecular complexity index is 536. The van der Waals surface area contributed by atoms with Crippen molar-refractivity contribution in [2.75, 3.05) is 13.1 Å². The maximum atomic E-state index is 11.9. The van der Waals surface area contributed by atoms with Crippen molar-refractivity contribution in [1.29, 1.82) is 5.26 Å². The van der Waals surface area contributed by atoms with Gasteiger partial charge in [-0.15, -0.1) is 0 Å². The summed E-state index contributed by atoms with van der Waals surface area (Å²) in [6.45, 7) is 1.30. The smallest absolute Gasteiger partial charge is 0.251 e. The number of carbonyl (C=O) groups is 1. The zero-order valence-electron chi connectivity index (χ0n) is 10.5. The summed E-state index contributed by atoms with van der Waals surface area (Å²) in [5, 5.41) is 8.92. The highest BCUT2D eigenvalue weighted by molar-refractivity contribution is 5.81. The van der Waals surface area contributed by atoms with Gasteiger partial charge in [-0.05, 0) is 12.8 Å². The van der Waals surface area contributed by atoms with Crippen molar-refractivity contribution in [3.05, 3.63) is 18.1 Å². The number of rotatable bonds is 3. The Morgan fingerprint density at radius 1 is 1.37 bits per heavy atom. The Labute approximate surface area is 111 Å². The Morgan fingerprint density at radius 2 is 2.16 bits per heavy atom. The van der Waals surface area contributed by atoms with E-state index < -0.39 is 0 Å². The lowest BCUT2D eigenvalue weighted by molar-refractivity contribution is -0.131. The number of carbonyl (C=O) groups excluding carboxylic acids is 1. The van der Waals surface area contributed by atoms with Crippen LogP contribution in [-0.2, 0) is 4.79 Å². The molecule has 0 radical (unpaired) electrons. The monoisotopic (exact) mass is 258 g/mol. The molecule has 2 fully saturated rings. The van der Waals surface area contributed by atoms with Gasteiger partial charge in [-0.25, -0.2) is 9.97 Å². The zero-order valence-corrected chi connectivity index (χ0v) is 10.5. The standard InChI is InChI=1S/C13H14N4O2/c14-7-11-12(16-5-4-15-11)19-10-3-6-17(8-10)13(18)9-1-2-9/h4-5,9-10H,1-3,6,8H2. The number of ether oxygens (including phenoxy) is 1. The number of nitrogens with zero attached hydrogens (tertiary/aromatic N) is 4. The van der Waals surface area contributed by atoms with Crippen molar-refractivity contribution in [2.45, 2.75) is 25.4 Å². The Morgan fingerprint density at radius 3 is 2.89 bits per heavy atom. The van der Waals surface area contributed by atoms with Crippen molar-refractivity contribution in [3.63, 3.8) is 0 Å². The summed E-state index contributed by atoms with van der Waals surface area (Å²) in [5.41, 5.74) is 0.189. The van der Waals surface area contributed by atoms with E-state index in [1.165, 1.54) is 12.4 Å². The van der Waals surface area contributed by atoms with Crippen molar-refractivity contribution in [2.24, 2.45) is 5.92 Å². The second-order valence-electron chi connectivity index (χ2n) is 4.91. The highest BCUT2D eigenvalue weighted by Crippen LogP contribution is 2.32. The summed E-state index contributed by atoms with van der Waals surface area (Å²) in [4.78, 5) is 21.7. The van der Waals surface area contributed by atoms with Crippen molar-refractivity contribution >= 4 is 5.91 Å². The molecule has 1 aromatic rings. The fourth-order valence-corrected chi connectivity index (χ4v) is 2.26. The SMILES string of the molecule is N#Cc1nccnc1OC1CCN(C(=O)C2CC2)C1. The van der Waals surface area contributed by atoms with E-state index in [0.29, 0.717) is 6.54 Å². The summed E-state index contributed by atoms with van der Waals surface area (Å²) >= 11 is 0. The predicted molar refractivity (Wildman–Crippen MR) is 65.1 cm³/mol. The molecule has 1 unspecified atom stereocenters. The van der Waals surface area contributed by atoms with E-state index in [2.05, 4.69) is 9.97 Å². The molecular formula is C13H14N4O2. The molecule has 1 aliphatic heterocycles. The van der Waals surface area contributed by atoms with Crippen LogP contribution in [-0.4, -0.2) is 40.0 Å². The van der Waals surface area contributed by atoms with Crippen LogP contribution in [0.2, 0.25) is 0 Å². The van der Waals surface area contributed by atoms with Crippen LogP contribution in [0.25, 0.3) is 0 Å². The van der Waals surface area contributed by atoms with E-state index in [4.69, 9.17) is 10.00 Å². The van der Waals surface area contributed by atoms with Crippen LogP contribution in [0, 0.1) is 17.2 Å². The van der Waals surface area contributed by atoms with Gasteiger partial charge < -0.3 is 9.64 Å². The van der Waals surface area contributed by atoms with E-state index >= 15 is 0 Å². The van der Waals surface area contributed by atoms with Gasteiger partial charge in [0.05, 0.1) is 6.54 Å². The second kappa shape index (κ2) is 4.84. The van der Waals surface area contributed by atoms with Gasteiger partial charge in [0.2, 0.25) is 11.6 Å². The third-order valence-electron chi connectivity index (χ3n) is 3.43. The lowest BCUT2D eigenvalue weighted by atomic mass is 10.3. The normalized spacial score (nSPS) is 22.1. The first-order valence-electron chi connectivity index (χ1n) is 6.44. The summed E-state index contributed by atoms with van der Waals surface area (Å²) in [6, 6.07) is 1.95. The highest BCUT2D eigenvalue weighted by Gasteiger charge is 2.37. The number of amides is 1. The van der Waals surface area contributed by atoms with Gasteiger partial charge >= 0.3 is 0 Å². The molecule has 2 heterocycles. The number of likely N-dealkylation sites (tertiary alicyclic amines) is 1. The van der Waals surface area contributed by atoms with E-state index in [0.717, 1.165) is 25.8 Å². The van der Waals surface area contributed by atoms with Crippen LogP contribution in [0.3, 0.4) is 0 Å². The maximum absolute atomic E-state index is 11.9. The molecule has 1 amide bonds. The van der Waals surface area contributed by atoms with Crippen LogP contribution in [0.15, 0.2) is 12.4 Å². The number of hydrogen-bond acceptors (Lipinski definition) is 5. The summed E-state index contributed by atoms with van der Waals surface area (Å²) < 4.78 is 5.69. The topological polar surface area (TPSA) is 79.1 Å². The Hall–Kier alpha value is -2.16. The molecule has 1 aromatic heterocycles. The molecule has 1 saturated heterocycles. The van der Waals surface area contributed by atoms with Gasteiger partial charge in [0, 0.05) is 31.3 Å². The maximum Gasteiger partial charge on any atom is 0.251 e. The van der Waals surface area contributed by atoms with Gasteiger partial charge in [-0.2, -0.15) is 5.26 Å². The van der Waals surface area contributed by atoms with Crippen LogP contribution in [0.4, 0.5) is 0 Å². The molecule has 3 rings (SSSR count). The lowest BCUT2D eigenvalue weighted by Crippen LogP contribution is -2.32. The molecule has 0 bridgehead atoms. The molecule has 2 aliphatic rings. The minimum Gasteiger partial charge on any atom is -0.470 e. The van der Waals surface area contributed by atoms with Gasteiger partial charge in [-0.3, -0.25) is 4.79 Å². The third kappa shape index (κ3) is 2.50. The van der Waals surface area contributed by atoms with Crippen LogP contribution < -0.4 is 4.74 Å². The van der Waals surface area contributed by atoms with Gasteiger partial charge in [0.1, 0.15) is 12.2 Å². The van der Waals surface area contributed by atoms with Crippen LogP contribution in [0.5, 0.6) is 5.88 Å². The van der Waals surface area contributed by atoms with E-state index in [1.807, 2.05) is 11.0 Å². The van der Waals surface area contributed by atoms with E-state index in [-0.39, 0.29) is 29.5 Å². The lowest BCUT2D eigenvalue weighted by Gasteiger charge is -2.16. The quantitative estimate of drug-likeness (QED) is 0.798. The second-order valence-corrected chi connectivity index (χ2v) is 4.91. The fraction of sp³-hybridized carbons (Fsp3) is 0.538. The number of nitriles is 1. The number of hydrogen-bond donors (Lipinski definition) is 0. The van der Waals surface area contributed by atoms with Gasteiger partial charge in [0.15, 0.2) is 0 Å². The largest absolute Gasteiger partial charge is 0.470 e. The zero-order chi connectivity index (χ0) is 13.2. The van der Waals surface area contributed by atoms with Crippen molar-refractivity contribution in [3.8, 4) is 11.9 Å². The average molecular weight is 258 g/mol. The molecule has 98 valence electrons. The minimum atomic E-state index is -0.0912.